The second-order valence-electron chi connectivity index (χ2n) is 11.6. The van der Waals surface area contributed by atoms with Crippen molar-refractivity contribution in [2.24, 2.45) is 28.6 Å². The average Bonchev–Trinajstić information content (AvgIpc) is 3.24. The summed E-state index contributed by atoms with van der Waals surface area (Å²) in [4.78, 5) is 48.8. The number of rotatable bonds is 9. The van der Waals surface area contributed by atoms with Crippen molar-refractivity contribution in [3.63, 3.8) is 0 Å². The highest BCUT2D eigenvalue weighted by Crippen LogP contribution is 2.68. The van der Waals surface area contributed by atoms with Gasteiger partial charge in [-0.3, -0.25) is 9.59 Å². The Kier molecular flexibility index (Phi) is 8.35. The van der Waals surface area contributed by atoms with Crippen molar-refractivity contribution in [2.45, 2.75) is 70.3 Å². The van der Waals surface area contributed by atoms with Gasteiger partial charge in [-0.25, -0.2) is 14.0 Å². The van der Waals surface area contributed by atoms with E-state index in [-0.39, 0.29) is 29.8 Å². The highest BCUT2D eigenvalue weighted by molar-refractivity contribution is 6.01. The summed E-state index contributed by atoms with van der Waals surface area (Å²) in [5.74, 6) is -5.06. The molecule has 0 spiro atoms. The van der Waals surface area contributed by atoms with Gasteiger partial charge in [0.25, 0.3) is 0 Å². The fourth-order valence-electron chi connectivity index (χ4n) is 7.52. The number of hydrogen-bond donors (Lipinski definition) is 0. The van der Waals surface area contributed by atoms with Gasteiger partial charge in [0.1, 0.15) is 25.7 Å². The molecular formula is C28H34F4O8. The molecule has 0 N–H and O–H groups in total. The predicted octanol–water partition coefficient (Wildman–Crippen LogP) is 4.21. The van der Waals surface area contributed by atoms with Gasteiger partial charge >= 0.3 is 18.1 Å². The summed E-state index contributed by atoms with van der Waals surface area (Å²) in [6.07, 6.45) is 0.654. The lowest BCUT2D eigenvalue weighted by molar-refractivity contribution is -0.206. The summed E-state index contributed by atoms with van der Waals surface area (Å²) in [5, 5.41) is 0. The zero-order chi connectivity index (χ0) is 29.5. The van der Waals surface area contributed by atoms with Gasteiger partial charge in [-0.05, 0) is 74.9 Å². The maximum absolute atomic E-state index is 17.0. The van der Waals surface area contributed by atoms with E-state index >= 15 is 4.39 Å². The summed E-state index contributed by atoms with van der Waals surface area (Å²) in [5.41, 5.74) is -2.15. The van der Waals surface area contributed by atoms with E-state index in [2.05, 4.69) is 9.47 Å². The summed E-state index contributed by atoms with van der Waals surface area (Å²) in [6, 6.07) is 0. The van der Waals surface area contributed by atoms with Crippen LogP contribution in [0.2, 0.25) is 0 Å². The first-order chi connectivity index (χ1) is 18.7. The molecule has 0 aromatic rings. The van der Waals surface area contributed by atoms with E-state index < -0.39 is 66.6 Å². The molecule has 12 heteroatoms. The van der Waals surface area contributed by atoms with Crippen molar-refractivity contribution in [1.82, 2.24) is 0 Å². The molecule has 7 atom stereocenters. The number of alkyl halides is 4. The van der Waals surface area contributed by atoms with Crippen molar-refractivity contribution in [3.8, 4) is 0 Å². The topological polar surface area (TPSA) is 105 Å². The van der Waals surface area contributed by atoms with Gasteiger partial charge in [0.2, 0.25) is 0 Å². The van der Waals surface area contributed by atoms with Crippen LogP contribution in [-0.2, 0) is 38.1 Å². The molecule has 0 aromatic heterocycles. The Balaban J connectivity index is 1.41. The molecule has 8 nitrogen and oxygen atoms in total. The smallest absolute Gasteiger partial charge is 0.456 e. The molecule has 0 radical (unpaired) electrons. The summed E-state index contributed by atoms with van der Waals surface area (Å²) < 4.78 is 73.1. The molecule has 40 heavy (non-hydrogen) atoms. The van der Waals surface area contributed by atoms with Crippen molar-refractivity contribution in [3.05, 3.63) is 23.8 Å². The molecule has 0 aliphatic heterocycles. The van der Waals surface area contributed by atoms with E-state index in [1.165, 1.54) is 13.2 Å². The summed E-state index contributed by atoms with van der Waals surface area (Å²) in [7, 11) is 1.22. The third kappa shape index (κ3) is 5.24. The number of esters is 2. The normalized spacial score (nSPS) is 35.6. The molecule has 0 amide bonds. The number of ether oxygens (including phenoxy) is 4. The minimum atomic E-state index is -5.25. The predicted molar refractivity (Wildman–Crippen MR) is 130 cm³/mol. The quantitative estimate of drug-likeness (QED) is 0.229. The van der Waals surface area contributed by atoms with Crippen LogP contribution in [0.25, 0.3) is 0 Å². The number of Topliss-reactive ketones (excluding diaryl/α,β-unsaturated/α-hetero) is 1. The van der Waals surface area contributed by atoms with Crippen LogP contribution in [0.5, 0.6) is 0 Å². The van der Waals surface area contributed by atoms with Crippen molar-refractivity contribution in [2.75, 3.05) is 27.1 Å². The number of carbonyl (C=O) groups is 4. The molecule has 4 rings (SSSR count). The molecule has 0 saturated heterocycles. The number of halogens is 4. The highest BCUT2D eigenvalue weighted by atomic mass is 19.4. The van der Waals surface area contributed by atoms with Gasteiger partial charge in [-0.2, -0.15) is 13.2 Å². The molecule has 3 fully saturated rings. The molecular weight excluding hydrogens is 540 g/mol. The van der Waals surface area contributed by atoms with Crippen molar-refractivity contribution in [1.29, 1.82) is 0 Å². The first kappa shape index (κ1) is 30.4. The van der Waals surface area contributed by atoms with E-state index in [0.717, 1.165) is 5.57 Å². The second-order valence-corrected chi connectivity index (χ2v) is 11.6. The first-order valence-corrected chi connectivity index (χ1v) is 13.3. The summed E-state index contributed by atoms with van der Waals surface area (Å²) >= 11 is 0. The van der Waals surface area contributed by atoms with Gasteiger partial charge in [0, 0.05) is 18.4 Å². The van der Waals surface area contributed by atoms with Crippen LogP contribution in [0.1, 0.15) is 52.4 Å². The molecule has 3 saturated carbocycles. The molecule has 4 aliphatic rings. The number of methoxy groups -OCH3 is 1. The third-order valence-electron chi connectivity index (χ3n) is 9.66. The highest BCUT2D eigenvalue weighted by Gasteiger charge is 2.67. The van der Waals surface area contributed by atoms with E-state index in [9.17, 15) is 32.3 Å². The SMILES string of the molecule is COCOC(COC(=O)C(F)(F)F)C(=O)OCC(=O)[C@H]1CC[C@H]2[C@@H]3CCC4=CC(=O)C=C[C@]4(C)[C@@]3(F)CC[C@]12C. The Morgan fingerprint density at radius 3 is 2.48 bits per heavy atom. The Morgan fingerprint density at radius 2 is 1.80 bits per heavy atom. The van der Waals surface area contributed by atoms with Crippen LogP contribution >= 0.6 is 0 Å². The summed E-state index contributed by atoms with van der Waals surface area (Å²) in [6.45, 7) is 1.61. The molecule has 0 bridgehead atoms. The number of fused-ring (bicyclic) bond motifs is 5. The van der Waals surface area contributed by atoms with Crippen LogP contribution in [0.15, 0.2) is 23.8 Å². The number of carbonyl (C=O) groups excluding carboxylic acids is 4. The zero-order valence-corrected chi connectivity index (χ0v) is 22.7. The minimum absolute atomic E-state index is 0.0835. The van der Waals surface area contributed by atoms with Gasteiger partial charge in [-0.1, -0.05) is 18.6 Å². The minimum Gasteiger partial charge on any atom is -0.456 e. The average molecular weight is 575 g/mol. The first-order valence-electron chi connectivity index (χ1n) is 13.3. The van der Waals surface area contributed by atoms with E-state index in [4.69, 9.17) is 9.47 Å². The van der Waals surface area contributed by atoms with Gasteiger partial charge in [-0.15, -0.1) is 0 Å². The van der Waals surface area contributed by atoms with Crippen LogP contribution in [0, 0.1) is 28.6 Å². The van der Waals surface area contributed by atoms with Crippen LogP contribution in [0.4, 0.5) is 17.6 Å². The number of ketones is 2. The maximum atomic E-state index is 17.0. The Hall–Kier alpha value is -2.60. The van der Waals surface area contributed by atoms with Crippen LogP contribution < -0.4 is 0 Å². The lowest BCUT2D eigenvalue weighted by Crippen LogP contribution is -2.60. The van der Waals surface area contributed by atoms with Crippen LogP contribution in [0.3, 0.4) is 0 Å². The molecule has 4 aliphatic carbocycles. The molecule has 222 valence electrons. The largest absolute Gasteiger partial charge is 0.490 e. The molecule has 0 aromatic carbocycles. The molecule has 0 heterocycles. The van der Waals surface area contributed by atoms with Crippen molar-refractivity contribution >= 4 is 23.5 Å². The fourth-order valence-corrected chi connectivity index (χ4v) is 7.52. The second kappa shape index (κ2) is 11.0. The standard InChI is InChI=1S/C28H34F4O8/c1-25-10-11-27(29)19(5-4-16-12-17(33)8-9-26(16,27)2)18(25)6-7-20(25)21(34)13-38-23(35)22(40-15-37-3)14-39-24(36)28(30,31)32/h8-9,12,18-20,22H,4-7,10-11,13-15H2,1-3H3/t18-,19-,20+,22?,25-,26-,27+/m0/s1. The number of hydrogen-bond acceptors (Lipinski definition) is 8. The van der Waals surface area contributed by atoms with Gasteiger partial charge < -0.3 is 18.9 Å². The van der Waals surface area contributed by atoms with E-state index in [1.807, 2.05) is 13.8 Å². The van der Waals surface area contributed by atoms with Crippen LogP contribution in [-0.4, -0.2) is 68.6 Å². The zero-order valence-electron chi connectivity index (χ0n) is 22.7. The van der Waals surface area contributed by atoms with E-state index in [1.54, 1.807) is 12.2 Å². The Morgan fingerprint density at radius 1 is 1.07 bits per heavy atom. The van der Waals surface area contributed by atoms with E-state index in [0.29, 0.717) is 32.1 Å². The number of allylic oxidation sites excluding steroid dienone is 4. The monoisotopic (exact) mass is 574 g/mol. The Labute approximate surface area is 229 Å². The fraction of sp³-hybridized carbons (Fsp3) is 0.714. The van der Waals surface area contributed by atoms with Gasteiger partial charge in [0.15, 0.2) is 17.7 Å². The Bertz CT molecular complexity index is 1120. The lowest BCUT2D eigenvalue weighted by atomic mass is 9.46. The van der Waals surface area contributed by atoms with Gasteiger partial charge in [0.05, 0.1) is 0 Å². The maximum Gasteiger partial charge on any atom is 0.490 e. The van der Waals surface area contributed by atoms with Crippen molar-refractivity contribution < 1.29 is 55.7 Å². The third-order valence-corrected chi connectivity index (χ3v) is 9.66. The molecule has 1 unspecified atom stereocenters. The lowest BCUT2D eigenvalue weighted by Gasteiger charge is -2.60.